The summed E-state index contributed by atoms with van der Waals surface area (Å²) in [6.07, 6.45) is 2.02. The highest BCUT2D eigenvalue weighted by molar-refractivity contribution is 5.75. The van der Waals surface area contributed by atoms with Gasteiger partial charge >= 0.3 is 5.97 Å². The molecule has 0 aromatic rings. The number of piperidine rings is 1. The van der Waals surface area contributed by atoms with Crippen molar-refractivity contribution in [1.29, 1.82) is 0 Å². The van der Waals surface area contributed by atoms with Gasteiger partial charge in [0.1, 0.15) is 12.6 Å². The predicted octanol–water partition coefficient (Wildman–Crippen LogP) is 0.564. The fraction of sp³-hybridized carbons (Fsp3) is 0.900. The molecule has 2 unspecified atom stereocenters. The number of ether oxygens (including phenoxy) is 2. The fourth-order valence-electron chi connectivity index (χ4n) is 1.61. The van der Waals surface area contributed by atoms with Crippen LogP contribution in [0.1, 0.15) is 19.8 Å². The van der Waals surface area contributed by atoms with E-state index >= 15 is 0 Å². The van der Waals surface area contributed by atoms with Gasteiger partial charge in [0, 0.05) is 7.11 Å². The fourth-order valence-corrected chi connectivity index (χ4v) is 1.61. The zero-order chi connectivity index (χ0) is 10.4. The van der Waals surface area contributed by atoms with E-state index in [4.69, 9.17) is 9.47 Å². The van der Waals surface area contributed by atoms with Crippen LogP contribution in [0.3, 0.4) is 0 Å². The van der Waals surface area contributed by atoms with E-state index in [2.05, 4.69) is 12.2 Å². The average molecular weight is 201 g/mol. The molecule has 82 valence electrons. The Balaban J connectivity index is 2.22. The van der Waals surface area contributed by atoms with Gasteiger partial charge in [0.25, 0.3) is 0 Å². The second-order valence-corrected chi connectivity index (χ2v) is 3.80. The molecule has 4 heteroatoms. The van der Waals surface area contributed by atoms with Crippen molar-refractivity contribution >= 4 is 5.97 Å². The minimum absolute atomic E-state index is 0.115. The Morgan fingerprint density at radius 2 is 2.29 bits per heavy atom. The highest BCUT2D eigenvalue weighted by Crippen LogP contribution is 2.15. The van der Waals surface area contributed by atoms with Gasteiger partial charge in [-0.2, -0.15) is 0 Å². The molecule has 0 aromatic carbocycles. The van der Waals surface area contributed by atoms with E-state index < -0.39 is 0 Å². The molecule has 0 saturated carbocycles. The average Bonchev–Trinajstić information content (AvgIpc) is 2.18. The summed E-state index contributed by atoms with van der Waals surface area (Å²) in [6.45, 7) is 3.89. The molecule has 14 heavy (non-hydrogen) atoms. The molecular weight excluding hydrogens is 182 g/mol. The van der Waals surface area contributed by atoms with Gasteiger partial charge in [-0.3, -0.25) is 4.79 Å². The molecule has 1 aliphatic rings. The predicted molar refractivity (Wildman–Crippen MR) is 53.0 cm³/mol. The van der Waals surface area contributed by atoms with Crippen molar-refractivity contribution in [3.8, 4) is 0 Å². The maximum atomic E-state index is 11.5. The number of methoxy groups -OCH3 is 1. The number of carbonyl (C=O) groups is 1. The molecular formula is C10H19NO3. The smallest absolute Gasteiger partial charge is 0.323 e. The summed E-state index contributed by atoms with van der Waals surface area (Å²) in [6, 6.07) is -0.115. The lowest BCUT2D eigenvalue weighted by molar-refractivity contribution is -0.148. The molecule has 1 aliphatic heterocycles. The quantitative estimate of drug-likeness (QED) is 0.533. The zero-order valence-electron chi connectivity index (χ0n) is 8.91. The summed E-state index contributed by atoms with van der Waals surface area (Å²) in [7, 11) is 1.59. The number of rotatable bonds is 4. The SMILES string of the molecule is COCCOC(=O)C1CC(C)CCN1. The van der Waals surface area contributed by atoms with Gasteiger partial charge in [0.05, 0.1) is 6.61 Å². The molecule has 2 atom stereocenters. The van der Waals surface area contributed by atoms with Crippen LogP contribution in [0.5, 0.6) is 0 Å². The topological polar surface area (TPSA) is 47.6 Å². The van der Waals surface area contributed by atoms with Gasteiger partial charge in [-0.25, -0.2) is 0 Å². The summed E-state index contributed by atoms with van der Waals surface area (Å²) in [5.74, 6) is 0.463. The van der Waals surface area contributed by atoms with Gasteiger partial charge in [-0.15, -0.1) is 0 Å². The van der Waals surface area contributed by atoms with Crippen LogP contribution in [-0.4, -0.2) is 38.9 Å². The monoisotopic (exact) mass is 201 g/mol. The second kappa shape index (κ2) is 5.98. The Kier molecular flexibility index (Phi) is 4.90. The van der Waals surface area contributed by atoms with Gasteiger partial charge in [-0.1, -0.05) is 6.92 Å². The summed E-state index contributed by atoms with van der Waals surface area (Å²) in [5.41, 5.74) is 0. The first kappa shape index (κ1) is 11.5. The second-order valence-electron chi connectivity index (χ2n) is 3.80. The van der Waals surface area contributed by atoms with Gasteiger partial charge in [-0.05, 0) is 25.3 Å². The lowest BCUT2D eigenvalue weighted by Crippen LogP contribution is -2.44. The van der Waals surface area contributed by atoms with Crippen molar-refractivity contribution in [1.82, 2.24) is 5.32 Å². The minimum Gasteiger partial charge on any atom is -0.462 e. The molecule has 1 rings (SSSR count). The Morgan fingerprint density at radius 3 is 2.93 bits per heavy atom. The van der Waals surface area contributed by atoms with Crippen LogP contribution in [0.4, 0.5) is 0 Å². The number of hydrogen-bond donors (Lipinski definition) is 1. The Hall–Kier alpha value is -0.610. The number of nitrogens with one attached hydrogen (secondary N) is 1. The highest BCUT2D eigenvalue weighted by atomic mass is 16.6. The van der Waals surface area contributed by atoms with E-state index in [0.29, 0.717) is 19.1 Å². The van der Waals surface area contributed by atoms with Gasteiger partial charge < -0.3 is 14.8 Å². The molecule has 1 fully saturated rings. The molecule has 0 aromatic heterocycles. The summed E-state index contributed by atoms with van der Waals surface area (Å²) >= 11 is 0. The zero-order valence-corrected chi connectivity index (χ0v) is 8.91. The third-order valence-corrected chi connectivity index (χ3v) is 2.48. The van der Waals surface area contributed by atoms with Crippen molar-refractivity contribution in [3.63, 3.8) is 0 Å². The first-order chi connectivity index (χ1) is 6.74. The highest BCUT2D eigenvalue weighted by Gasteiger charge is 2.25. The van der Waals surface area contributed by atoms with Crippen molar-refractivity contribution in [2.45, 2.75) is 25.8 Å². The molecule has 1 N–H and O–H groups in total. The Bertz CT molecular complexity index is 184. The molecule has 1 saturated heterocycles. The van der Waals surface area contributed by atoms with E-state index in [1.165, 1.54) is 0 Å². The lowest BCUT2D eigenvalue weighted by Gasteiger charge is -2.26. The van der Waals surface area contributed by atoms with Gasteiger partial charge in [0.2, 0.25) is 0 Å². The van der Waals surface area contributed by atoms with Crippen molar-refractivity contribution in [3.05, 3.63) is 0 Å². The van der Waals surface area contributed by atoms with Crippen molar-refractivity contribution < 1.29 is 14.3 Å². The molecule has 0 bridgehead atoms. The van der Waals surface area contributed by atoms with E-state index in [1.54, 1.807) is 7.11 Å². The van der Waals surface area contributed by atoms with Crippen LogP contribution in [-0.2, 0) is 14.3 Å². The summed E-state index contributed by atoms with van der Waals surface area (Å²) in [5, 5.41) is 3.16. The van der Waals surface area contributed by atoms with E-state index in [9.17, 15) is 4.79 Å². The Morgan fingerprint density at radius 1 is 1.50 bits per heavy atom. The first-order valence-corrected chi connectivity index (χ1v) is 5.13. The van der Waals surface area contributed by atoms with Crippen LogP contribution in [0, 0.1) is 5.92 Å². The van der Waals surface area contributed by atoms with Crippen LogP contribution in [0.25, 0.3) is 0 Å². The van der Waals surface area contributed by atoms with Crippen molar-refractivity contribution in [2.75, 3.05) is 26.9 Å². The molecule has 0 radical (unpaired) electrons. The maximum absolute atomic E-state index is 11.5. The largest absolute Gasteiger partial charge is 0.462 e. The minimum atomic E-state index is -0.145. The summed E-state index contributed by atoms with van der Waals surface area (Å²) in [4.78, 5) is 11.5. The molecule has 0 spiro atoms. The van der Waals surface area contributed by atoms with Crippen LogP contribution in [0.15, 0.2) is 0 Å². The Labute approximate surface area is 85.0 Å². The van der Waals surface area contributed by atoms with E-state index in [0.717, 1.165) is 19.4 Å². The van der Waals surface area contributed by atoms with Gasteiger partial charge in [0.15, 0.2) is 0 Å². The number of carbonyl (C=O) groups excluding carboxylic acids is 1. The van der Waals surface area contributed by atoms with Crippen molar-refractivity contribution in [2.24, 2.45) is 5.92 Å². The van der Waals surface area contributed by atoms with Crippen LogP contribution >= 0.6 is 0 Å². The molecule has 4 nitrogen and oxygen atoms in total. The number of esters is 1. The van der Waals surface area contributed by atoms with Crippen LogP contribution in [0.2, 0.25) is 0 Å². The standard InChI is InChI=1S/C10H19NO3/c1-8-3-4-11-9(7-8)10(12)14-6-5-13-2/h8-9,11H,3-7H2,1-2H3. The molecule has 1 heterocycles. The van der Waals surface area contributed by atoms with E-state index in [1.807, 2.05) is 0 Å². The first-order valence-electron chi connectivity index (χ1n) is 5.13. The third kappa shape index (κ3) is 3.64. The molecule has 0 amide bonds. The molecule has 0 aliphatic carbocycles. The summed E-state index contributed by atoms with van der Waals surface area (Å²) < 4.78 is 9.85. The van der Waals surface area contributed by atoms with E-state index in [-0.39, 0.29) is 12.0 Å². The van der Waals surface area contributed by atoms with Crippen LogP contribution < -0.4 is 5.32 Å². The third-order valence-electron chi connectivity index (χ3n) is 2.48. The maximum Gasteiger partial charge on any atom is 0.323 e. The number of hydrogen-bond acceptors (Lipinski definition) is 4. The lowest BCUT2D eigenvalue weighted by atomic mass is 9.94. The normalized spacial score (nSPS) is 27.3.